The van der Waals surface area contributed by atoms with Crippen LogP contribution >= 0.6 is 0 Å². The number of carbonyl (C=O) groups excluding carboxylic acids is 2. The van der Waals surface area contributed by atoms with E-state index < -0.39 is 27.5 Å². The number of hydrogen-bond acceptors (Lipinski definition) is 5. The maximum Gasteiger partial charge on any atom is 0.324 e. The summed E-state index contributed by atoms with van der Waals surface area (Å²) in [6, 6.07) is 7.21. The van der Waals surface area contributed by atoms with Gasteiger partial charge in [0.25, 0.3) is 0 Å². The van der Waals surface area contributed by atoms with Gasteiger partial charge in [0.15, 0.2) is 0 Å². The fraction of sp³-hybridized carbons (Fsp3) is 0.704. The minimum atomic E-state index is -3.39. The largest absolute Gasteiger partial charge is 0.324 e. The van der Waals surface area contributed by atoms with Crippen LogP contribution in [-0.4, -0.2) is 56.7 Å². The number of sulfonamides is 1. The van der Waals surface area contributed by atoms with Crippen LogP contribution in [-0.2, 0) is 20.2 Å². The van der Waals surface area contributed by atoms with E-state index in [9.17, 15) is 18.0 Å². The Kier molecular flexibility index (Phi) is 8.00. The van der Waals surface area contributed by atoms with Gasteiger partial charge in [-0.25, -0.2) is 13.2 Å². The average molecular weight is 519 g/mol. The molecule has 2 heterocycles. The van der Waals surface area contributed by atoms with Gasteiger partial charge in [-0.1, -0.05) is 69.6 Å². The first-order valence-corrected chi connectivity index (χ1v) is 15.3. The van der Waals surface area contributed by atoms with Crippen molar-refractivity contribution in [3.8, 4) is 0 Å². The van der Waals surface area contributed by atoms with E-state index in [4.69, 9.17) is 5.73 Å². The molecule has 1 aliphatic carbocycles. The number of imide groups is 1. The van der Waals surface area contributed by atoms with Crippen molar-refractivity contribution in [3.05, 3.63) is 29.8 Å². The fourth-order valence-corrected chi connectivity index (χ4v) is 7.28. The molecular formula is C27H42N4O4S. The number of rotatable bonds is 7. The van der Waals surface area contributed by atoms with Crippen LogP contribution in [0.25, 0.3) is 0 Å². The minimum absolute atomic E-state index is 0.318. The monoisotopic (exact) mass is 518 g/mol. The van der Waals surface area contributed by atoms with Gasteiger partial charge in [-0.15, -0.1) is 0 Å². The number of amides is 3. The number of piperidine rings is 1. The summed E-state index contributed by atoms with van der Waals surface area (Å²) in [4.78, 5) is 27.4. The number of nitrogens with two attached hydrogens (primary N) is 1. The second kappa shape index (κ2) is 10.7. The van der Waals surface area contributed by atoms with Crippen molar-refractivity contribution in [1.29, 1.82) is 0 Å². The highest BCUT2D eigenvalue weighted by atomic mass is 32.2. The first kappa shape index (κ1) is 26.9. The van der Waals surface area contributed by atoms with Crippen molar-refractivity contribution < 1.29 is 18.0 Å². The van der Waals surface area contributed by atoms with E-state index >= 15 is 0 Å². The molecule has 36 heavy (non-hydrogen) atoms. The Balaban J connectivity index is 1.27. The minimum Gasteiger partial charge on any atom is -0.324 e. The van der Waals surface area contributed by atoms with Crippen molar-refractivity contribution in [2.45, 2.75) is 88.5 Å². The highest BCUT2D eigenvalue weighted by Gasteiger charge is 2.47. The number of nitrogens with zero attached hydrogens (tertiary/aromatic N) is 2. The zero-order valence-electron chi connectivity index (χ0n) is 21.8. The Morgan fingerprint density at radius 2 is 1.78 bits per heavy atom. The number of para-hydroxylation sites is 1. The summed E-state index contributed by atoms with van der Waals surface area (Å²) in [5.41, 5.74) is 6.67. The molecule has 3 amide bonds. The topological polar surface area (TPSA) is 113 Å². The van der Waals surface area contributed by atoms with Gasteiger partial charge in [0.05, 0.1) is 17.5 Å². The number of carbonyl (C=O) groups is 2. The molecule has 1 atom stereocenters. The van der Waals surface area contributed by atoms with E-state index in [0.29, 0.717) is 38.9 Å². The molecule has 9 heteroatoms. The number of fused-ring (bicyclic) bond motifs is 2. The summed E-state index contributed by atoms with van der Waals surface area (Å²) in [6.45, 7) is 3.00. The highest BCUT2D eigenvalue weighted by molar-refractivity contribution is 7.92. The van der Waals surface area contributed by atoms with Gasteiger partial charge in [0, 0.05) is 25.0 Å². The Morgan fingerprint density at radius 1 is 1.11 bits per heavy atom. The first-order chi connectivity index (χ1) is 17.0. The number of benzene rings is 1. The van der Waals surface area contributed by atoms with E-state index in [1.165, 1.54) is 49.1 Å². The lowest BCUT2D eigenvalue weighted by Gasteiger charge is -2.39. The number of urea groups is 1. The third kappa shape index (κ3) is 5.88. The quantitative estimate of drug-likeness (QED) is 0.532. The van der Waals surface area contributed by atoms with Crippen molar-refractivity contribution in [3.63, 3.8) is 0 Å². The fourth-order valence-electron chi connectivity index (χ4n) is 6.28. The summed E-state index contributed by atoms with van der Waals surface area (Å²) in [5, 5.41) is 2.53. The lowest BCUT2D eigenvalue weighted by molar-refractivity contribution is -0.125. The molecule has 1 spiro atoms. The molecule has 1 saturated carbocycles. The predicted molar refractivity (Wildman–Crippen MR) is 142 cm³/mol. The number of likely N-dealkylation sites (tertiary alicyclic amines) is 1. The van der Waals surface area contributed by atoms with Gasteiger partial charge in [-0.2, -0.15) is 0 Å². The summed E-state index contributed by atoms with van der Waals surface area (Å²) < 4.78 is 26.3. The lowest BCUT2D eigenvalue weighted by atomic mass is 9.74. The molecule has 0 bridgehead atoms. The van der Waals surface area contributed by atoms with Crippen LogP contribution in [0.1, 0.15) is 83.1 Å². The Morgan fingerprint density at radius 3 is 2.44 bits per heavy atom. The molecular weight excluding hydrogens is 476 g/mol. The predicted octanol–water partition coefficient (Wildman–Crippen LogP) is 3.89. The molecule has 2 fully saturated rings. The third-order valence-electron chi connectivity index (χ3n) is 8.62. The van der Waals surface area contributed by atoms with Gasteiger partial charge in [0.1, 0.15) is 0 Å². The van der Waals surface area contributed by atoms with Crippen LogP contribution in [0.15, 0.2) is 24.3 Å². The summed E-state index contributed by atoms with van der Waals surface area (Å²) in [6.07, 6.45) is 12.9. The Bertz CT molecular complexity index is 1060. The summed E-state index contributed by atoms with van der Waals surface area (Å²) in [5.74, 6) is 0.386. The van der Waals surface area contributed by atoms with Crippen LogP contribution in [0, 0.1) is 5.92 Å². The van der Waals surface area contributed by atoms with Gasteiger partial charge in [-0.3, -0.25) is 14.4 Å². The SMILES string of the molecule is C[C@@](N)(CCCCC1CCCCC1)C(=O)NC(=O)N1CCC2(CC1)CN(S(C)(=O)=O)c1ccccc12. The normalized spacial score (nSPS) is 21.8. The second-order valence-electron chi connectivity index (χ2n) is 11.5. The van der Waals surface area contributed by atoms with E-state index in [-0.39, 0.29) is 5.41 Å². The standard InChI is InChI=1S/C27H42N4O4S/c1-26(28,15-9-8-12-21-10-4-3-5-11-21)24(32)29-25(33)30-18-16-27(17-19-30)20-31(36(2,34)35)23-14-7-6-13-22(23)27/h6-7,13-14,21H,3-5,8-12,15-20,28H2,1-2H3,(H,29,32,33)/t26-/m1/s1. The second-order valence-corrected chi connectivity index (χ2v) is 13.4. The molecule has 0 aromatic heterocycles. The molecule has 8 nitrogen and oxygen atoms in total. The highest BCUT2D eigenvalue weighted by Crippen LogP contribution is 2.47. The van der Waals surface area contributed by atoms with E-state index in [1.54, 1.807) is 11.8 Å². The van der Waals surface area contributed by atoms with Gasteiger partial charge in [0.2, 0.25) is 15.9 Å². The maximum atomic E-state index is 12.9. The van der Waals surface area contributed by atoms with Crippen LogP contribution in [0.3, 0.4) is 0 Å². The number of hydrogen-bond donors (Lipinski definition) is 2. The Labute approximate surface area is 216 Å². The summed E-state index contributed by atoms with van der Waals surface area (Å²) in [7, 11) is -3.39. The lowest BCUT2D eigenvalue weighted by Crippen LogP contribution is -2.57. The molecule has 4 rings (SSSR count). The first-order valence-electron chi connectivity index (χ1n) is 13.5. The van der Waals surface area contributed by atoms with E-state index in [1.807, 2.05) is 24.3 Å². The molecule has 1 saturated heterocycles. The molecule has 3 N–H and O–H groups in total. The summed E-state index contributed by atoms with van der Waals surface area (Å²) >= 11 is 0. The van der Waals surface area contributed by atoms with E-state index in [2.05, 4.69) is 5.32 Å². The van der Waals surface area contributed by atoms with Gasteiger partial charge >= 0.3 is 6.03 Å². The van der Waals surface area contributed by atoms with Gasteiger partial charge < -0.3 is 10.6 Å². The molecule has 1 aromatic carbocycles. The van der Waals surface area contributed by atoms with Crippen molar-refractivity contribution >= 4 is 27.6 Å². The molecule has 0 radical (unpaired) electrons. The third-order valence-corrected chi connectivity index (χ3v) is 9.75. The van der Waals surface area contributed by atoms with Crippen molar-refractivity contribution in [2.75, 3.05) is 30.2 Å². The number of anilines is 1. The van der Waals surface area contributed by atoms with Crippen LogP contribution in [0.2, 0.25) is 0 Å². The van der Waals surface area contributed by atoms with E-state index in [0.717, 1.165) is 30.0 Å². The van der Waals surface area contributed by atoms with Crippen molar-refractivity contribution in [1.82, 2.24) is 10.2 Å². The number of nitrogens with one attached hydrogen (secondary N) is 1. The molecule has 3 aliphatic rings. The van der Waals surface area contributed by atoms with Gasteiger partial charge in [-0.05, 0) is 43.7 Å². The van der Waals surface area contributed by atoms with Crippen molar-refractivity contribution in [2.24, 2.45) is 11.7 Å². The van der Waals surface area contributed by atoms with Crippen LogP contribution in [0.4, 0.5) is 10.5 Å². The van der Waals surface area contributed by atoms with Crippen LogP contribution in [0.5, 0.6) is 0 Å². The van der Waals surface area contributed by atoms with Crippen LogP contribution < -0.4 is 15.4 Å². The molecule has 1 aromatic rings. The smallest absolute Gasteiger partial charge is 0.324 e. The zero-order chi connectivity index (χ0) is 26.0. The number of unbranched alkanes of at least 4 members (excludes halogenated alkanes) is 1. The zero-order valence-corrected chi connectivity index (χ0v) is 22.6. The average Bonchev–Trinajstić information content (AvgIpc) is 3.17. The molecule has 2 aliphatic heterocycles. The molecule has 0 unspecified atom stereocenters. The molecule has 200 valence electrons. The maximum absolute atomic E-state index is 12.9. The Hall–Kier alpha value is -2.13.